The first-order valence-electron chi connectivity index (χ1n) is 7.63. The molecule has 0 spiro atoms. The van der Waals surface area contributed by atoms with Crippen LogP contribution in [0.4, 0.5) is 0 Å². The van der Waals surface area contributed by atoms with E-state index in [2.05, 4.69) is 47.7 Å². The van der Waals surface area contributed by atoms with Gasteiger partial charge in [-0.1, -0.05) is 38.0 Å². The molecule has 1 aromatic carbocycles. The molecule has 2 aromatic rings. The molecule has 3 rings (SSSR count). The quantitative estimate of drug-likeness (QED) is 0.853. The molecular weight excluding hydrogens is 232 g/mol. The molecule has 1 aliphatic rings. The fourth-order valence-electron chi connectivity index (χ4n) is 3.35. The summed E-state index contributed by atoms with van der Waals surface area (Å²) in [6.07, 6.45) is 8.85. The standard InChI is InChI=1S/C17H24N2/c1-13-6-2-4-8-16(13)18-11-10-14-12-19-17-9-5-3-7-15(14)17/h3,5,7,9,12-13,16,18-19H,2,4,6,8,10-11H2,1H3/t13-,16-/m1/s1. The highest BCUT2D eigenvalue weighted by atomic mass is 14.9. The molecule has 0 aliphatic heterocycles. The smallest absolute Gasteiger partial charge is 0.0456 e. The summed E-state index contributed by atoms with van der Waals surface area (Å²) in [6, 6.07) is 9.31. The highest BCUT2D eigenvalue weighted by Gasteiger charge is 2.20. The Labute approximate surface area is 115 Å². The highest BCUT2D eigenvalue weighted by Crippen LogP contribution is 2.24. The third-order valence-corrected chi connectivity index (χ3v) is 4.59. The van der Waals surface area contributed by atoms with Crippen LogP contribution in [0.25, 0.3) is 10.9 Å². The number of aromatic nitrogens is 1. The molecule has 1 saturated carbocycles. The molecule has 0 unspecified atom stereocenters. The minimum absolute atomic E-state index is 0.735. The molecule has 1 aromatic heterocycles. The van der Waals surface area contributed by atoms with Crippen molar-refractivity contribution in [2.75, 3.05) is 6.54 Å². The number of aromatic amines is 1. The third kappa shape index (κ3) is 2.84. The van der Waals surface area contributed by atoms with E-state index in [9.17, 15) is 0 Å². The Bertz CT molecular complexity index is 529. The van der Waals surface area contributed by atoms with Crippen LogP contribution in [0.5, 0.6) is 0 Å². The lowest BCUT2D eigenvalue weighted by molar-refractivity contribution is 0.282. The van der Waals surface area contributed by atoms with Crippen LogP contribution in [0.15, 0.2) is 30.5 Å². The summed E-state index contributed by atoms with van der Waals surface area (Å²) in [6.45, 7) is 3.49. The van der Waals surface area contributed by atoms with Crippen molar-refractivity contribution in [3.8, 4) is 0 Å². The first-order chi connectivity index (χ1) is 9.34. The van der Waals surface area contributed by atoms with E-state index < -0.39 is 0 Å². The van der Waals surface area contributed by atoms with Gasteiger partial charge in [-0.05, 0) is 43.4 Å². The molecule has 0 amide bonds. The first kappa shape index (κ1) is 12.7. The van der Waals surface area contributed by atoms with E-state index in [0.29, 0.717) is 0 Å². The van der Waals surface area contributed by atoms with Gasteiger partial charge in [-0.3, -0.25) is 0 Å². The van der Waals surface area contributed by atoms with E-state index in [-0.39, 0.29) is 0 Å². The van der Waals surface area contributed by atoms with Crippen molar-refractivity contribution in [1.29, 1.82) is 0 Å². The average molecular weight is 256 g/mol. The largest absolute Gasteiger partial charge is 0.361 e. The molecule has 2 nitrogen and oxygen atoms in total. The number of hydrogen-bond donors (Lipinski definition) is 2. The topological polar surface area (TPSA) is 27.8 Å². The molecule has 0 bridgehead atoms. The van der Waals surface area contributed by atoms with Gasteiger partial charge in [-0.25, -0.2) is 0 Å². The minimum Gasteiger partial charge on any atom is -0.361 e. The Hall–Kier alpha value is -1.28. The maximum Gasteiger partial charge on any atom is 0.0456 e. The normalized spacial score (nSPS) is 23.8. The van der Waals surface area contributed by atoms with Crippen molar-refractivity contribution < 1.29 is 0 Å². The van der Waals surface area contributed by atoms with Crippen LogP contribution in [-0.2, 0) is 6.42 Å². The Kier molecular flexibility index (Phi) is 3.88. The fraction of sp³-hybridized carbons (Fsp3) is 0.529. The van der Waals surface area contributed by atoms with Crippen molar-refractivity contribution in [3.05, 3.63) is 36.0 Å². The highest BCUT2D eigenvalue weighted by molar-refractivity contribution is 5.83. The molecule has 1 aliphatic carbocycles. The van der Waals surface area contributed by atoms with Crippen molar-refractivity contribution >= 4 is 10.9 Å². The second kappa shape index (κ2) is 5.79. The molecular formula is C17H24N2. The van der Waals surface area contributed by atoms with E-state index >= 15 is 0 Å². The summed E-state index contributed by atoms with van der Waals surface area (Å²) in [4.78, 5) is 3.36. The molecule has 2 heteroatoms. The van der Waals surface area contributed by atoms with Crippen LogP contribution >= 0.6 is 0 Å². The number of para-hydroxylation sites is 1. The van der Waals surface area contributed by atoms with Gasteiger partial charge >= 0.3 is 0 Å². The van der Waals surface area contributed by atoms with Gasteiger partial charge in [0, 0.05) is 23.1 Å². The van der Waals surface area contributed by atoms with Crippen LogP contribution in [0.2, 0.25) is 0 Å². The number of nitrogens with one attached hydrogen (secondary N) is 2. The third-order valence-electron chi connectivity index (χ3n) is 4.59. The van der Waals surface area contributed by atoms with Crippen LogP contribution in [-0.4, -0.2) is 17.6 Å². The van der Waals surface area contributed by atoms with Gasteiger partial charge in [0.2, 0.25) is 0 Å². The fourth-order valence-corrected chi connectivity index (χ4v) is 3.35. The Morgan fingerprint density at radius 2 is 2.05 bits per heavy atom. The number of fused-ring (bicyclic) bond motifs is 1. The lowest BCUT2D eigenvalue weighted by Gasteiger charge is -2.29. The lowest BCUT2D eigenvalue weighted by atomic mass is 9.86. The lowest BCUT2D eigenvalue weighted by Crippen LogP contribution is -2.38. The van der Waals surface area contributed by atoms with Crippen molar-refractivity contribution in [1.82, 2.24) is 10.3 Å². The molecule has 2 atom stereocenters. The van der Waals surface area contributed by atoms with Gasteiger partial charge in [-0.2, -0.15) is 0 Å². The SMILES string of the molecule is C[C@@H]1CCCC[C@H]1NCCc1c[nH]c2ccccc12. The molecule has 0 saturated heterocycles. The molecule has 0 radical (unpaired) electrons. The van der Waals surface area contributed by atoms with Gasteiger partial charge in [0.1, 0.15) is 0 Å². The number of hydrogen-bond acceptors (Lipinski definition) is 1. The summed E-state index contributed by atoms with van der Waals surface area (Å²) < 4.78 is 0. The first-order valence-corrected chi connectivity index (χ1v) is 7.63. The number of benzene rings is 1. The Morgan fingerprint density at radius 1 is 1.21 bits per heavy atom. The van der Waals surface area contributed by atoms with Gasteiger partial charge in [-0.15, -0.1) is 0 Å². The maximum atomic E-state index is 3.76. The van der Waals surface area contributed by atoms with Crippen LogP contribution < -0.4 is 5.32 Å². The van der Waals surface area contributed by atoms with Gasteiger partial charge < -0.3 is 10.3 Å². The molecule has 1 heterocycles. The average Bonchev–Trinajstić information content (AvgIpc) is 2.85. The van der Waals surface area contributed by atoms with Gasteiger partial charge in [0.05, 0.1) is 0 Å². The van der Waals surface area contributed by atoms with E-state index in [1.165, 1.54) is 42.1 Å². The van der Waals surface area contributed by atoms with Crippen molar-refractivity contribution in [3.63, 3.8) is 0 Å². The van der Waals surface area contributed by atoms with E-state index in [1.807, 2.05) is 0 Å². The predicted octanol–water partition coefficient (Wildman–Crippen LogP) is 3.88. The zero-order valence-electron chi connectivity index (χ0n) is 11.8. The summed E-state index contributed by atoms with van der Waals surface area (Å²) in [5, 5.41) is 5.14. The predicted molar refractivity (Wildman–Crippen MR) is 81.4 cm³/mol. The Morgan fingerprint density at radius 3 is 2.95 bits per heavy atom. The van der Waals surface area contributed by atoms with Gasteiger partial charge in [0.25, 0.3) is 0 Å². The molecule has 2 N–H and O–H groups in total. The van der Waals surface area contributed by atoms with E-state index in [4.69, 9.17) is 0 Å². The van der Waals surface area contributed by atoms with Crippen LogP contribution in [0, 0.1) is 5.92 Å². The summed E-state index contributed by atoms with van der Waals surface area (Å²) >= 11 is 0. The number of H-pyrrole nitrogens is 1. The monoisotopic (exact) mass is 256 g/mol. The van der Waals surface area contributed by atoms with Crippen LogP contribution in [0.3, 0.4) is 0 Å². The second-order valence-corrected chi connectivity index (χ2v) is 5.93. The summed E-state index contributed by atoms with van der Waals surface area (Å²) in [7, 11) is 0. The zero-order chi connectivity index (χ0) is 13.1. The summed E-state index contributed by atoms with van der Waals surface area (Å²) in [5.74, 6) is 0.844. The van der Waals surface area contributed by atoms with Gasteiger partial charge in [0.15, 0.2) is 0 Å². The molecule has 102 valence electrons. The zero-order valence-corrected chi connectivity index (χ0v) is 11.8. The van der Waals surface area contributed by atoms with Crippen molar-refractivity contribution in [2.45, 2.75) is 45.1 Å². The second-order valence-electron chi connectivity index (χ2n) is 5.93. The van der Waals surface area contributed by atoms with E-state index in [0.717, 1.165) is 24.9 Å². The Balaban J connectivity index is 1.57. The maximum absolute atomic E-state index is 3.76. The molecule has 1 fully saturated rings. The minimum atomic E-state index is 0.735. The van der Waals surface area contributed by atoms with E-state index in [1.54, 1.807) is 0 Å². The summed E-state index contributed by atoms with van der Waals surface area (Å²) in [5.41, 5.74) is 2.69. The number of rotatable bonds is 4. The van der Waals surface area contributed by atoms with Crippen molar-refractivity contribution in [2.24, 2.45) is 5.92 Å². The van der Waals surface area contributed by atoms with Crippen LogP contribution in [0.1, 0.15) is 38.2 Å². The molecule has 19 heavy (non-hydrogen) atoms.